The van der Waals surface area contributed by atoms with E-state index in [1.54, 1.807) is 24.3 Å². The number of carbonyl (C=O) groups excluding carboxylic acids is 2. The standard InChI is InChI=1S/C19H20N2O4.C7H8/c22-12-16-9-13-3-1-6-17(10-13)25-8-7-20-18(23)14-4-2-5-15(11-14)19(24)21-16;1-7-5-3-2-4-6-7/h1-6,10-11,16,22H,7-9,12H2,(H,20,23)(H,21,24);2-6H,1H3. The predicted octanol–water partition coefficient (Wildman–Crippen LogP) is 3.14. The fraction of sp³-hybridized carbons (Fsp3) is 0.231. The molecule has 4 bridgehead atoms. The lowest BCUT2D eigenvalue weighted by atomic mass is 10.0. The molecule has 0 saturated heterocycles. The third kappa shape index (κ3) is 6.96. The number of hydrogen-bond donors (Lipinski definition) is 3. The quantitative estimate of drug-likeness (QED) is 0.551. The summed E-state index contributed by atoms with van der Waals surface area (Å²) in [7, 11) is 0. The van der Waals surface area contributed by atoms with Gasteiger partial charge in [-0.25, -0.2) is 0 Å². The zero-order chi connectivity index (χ0) is 22.8. The van der Waals surface area contributed by atoms with Crippen molar-refractivity contribution >= 4 is 11.8 Å². The van der Waals surface area contributed by atoms with E-state index in [1.807, 2.05) is 42.5 Å². The first-order chi connectivity index (χ1) is 15.5. The van der Waals surface area contributed by atoms with Crippen LogP contribution >= 0.6 is 0 Å². The van der Waals surface area contributed by atoms with E-state index < -0.39 is 6.04 Å². The predicted molar refractivity (Wildman–Crippen MR) is 124 cm³/mol. The number of nitrogens with one attached hydrogen (secondary N) is 2. The van der Waals surface area contributed by atoms with Gasteiger partial charge >= 0.3 is 0 Å². The molecule has 0 aromatic heterocycles. The minimum Gasteiger partial charge on any atom is -0.492 e. The van der Waals surface area contributed by atoms with Crippen LogP contribution in [0.2, 0.25) is 0 Å². The van der Waals surface area contributed by atoms with Gasteiger partial charge in [0, 0.05) is 11.1 Å². The summed E-state index contributed by atoms with van der Waals surface area (Å²) in [4.78, 5) is 24.6. The Morgan fingerprint density at radius 1 is 0.906 bits per heavy atom. The van der Waals surface area contributed by atoms with Crippen molar-refractivity contribution in [2.24, 2.45) is 0 Å². The molecule has 0 saturated carbocycles. The van der Waals surface area contributed by atoms with Gasteiger partial charge in [0.1, 0.15) is 12.4 Å². The zero-order valence-corrected chi connectivity index (χ0v) is 18.1. The molecule has 1 aliphatic heterocycles. The van der Waals surface area contributed by atoms with Crippen LogP contribution in [0, 0.1) is 6.92 Å². The van der Waals surface area contributed by atoms with E-state index in [1.165, 1.54) is 5.56 Å². The lowest BCUT2D eigenvalue weighted by Gasteiger charge is -2.17. The van der Waals surface area contributed by atoms with Gasteiger partial charge < -0.3 is 20.5 Å². The molecule has 0 fully saturated rings. The van der Waals surface area contributed by atoms with Crippen molar-refractivity contribution in [3.63, 3.8) is 0 Å². The molecule has 3 N–H and O–H groups in total. The Morgan fingerprint density at radius 2 is 1.62 bits per heavy atom. The second kappa shape index (κ2) is 11.7. The number of aliphatic hydroxyl groups is 1. The minimum absolute atomic E-state index is 0.184. The third-order valence-corrected chi connectivity index (χ3v) is 4.92. The summed E-state index contributed by atoms with van der Waals surface area (Å²) < 4.78 is 5.65. The molecule has 3 aromatic rings. The molecule has 6 nitrogen and oxygen atoms in total. The van der Waals surface area contributed by atoms with Crippen molar-refractivity contribution < 1.29 is 19.4 Å². The van der Waals surface area contributed by atoms with E-state index in [0.717, 1.165) is 5.56 Å². The van der Waals surface area contributed by atoms with E-state index in [2.05, 4.69) is 29.7 Å². The third-order valence-electron chi connectivity index (χ3n) is 4.92. The van der Waals surface area contributed by atoms with Crippen molar-refractivity contribution in [2.75, 3.05) is 19.8 Å². The van der Waals surface area contributed by atoms with E-state index >= 15 is 0 Å². The summed E-state index contributed by atoms with van der Waals surface area (Å²) in [6.07, 6.45) is 0.482. The van der Waals surface area contributed by atoms with Gasteiger partial charge in [-0.3, -0.25) is 9.59 Å². The molecule has 0 spiro atoms. The topological polar surface area (TPSA) is 87.7 Å². The van der Waals surface area contributed by atoms with Gasteiger partial charge in [0.25, 0.3) is 11.8 Å². The smallest absolute Gasteiger partial charge is 0.251 e. The first-order valence-corrected chi connectivity index (χ1v) is 10.6. The lowest BCUT2D eigenvalue weighted by Crippen LogP contribution is -2.39. The average Bonchev–Trinajstić information content (AvgIpc) is 2.82. The first kappa shape index (κ1) is 23.0. The Balaban J connectivity index is 0.000000352. The molecule has 0 radical (unpaired) electrons. The number of ether oxygens (including phenoxy) is 1. The molecule has 1 unspecified atom stereocenters. The summed E-state index contributed by atoms with van der Waals surface area (Å²) in [5, 5.41) is 15.2. The van der Waals surface area contributed by atoms with Crippen LogP contribution in [-0.2, 0) is 6.42 Å². The zero-order valence-electron chi connectivity index (χ0n) is 18.1. The lowest BCUT2D eigenvalue weighted by molar-refractivity contribution is 0.0916. The number of aryl methyl sites for hydroxylation is 1. The number of aliphatic hydroxyl groups excluding tert-OH is 1. The van der Waals surface area contributed by atoms with Gasteiger partial charge in [0.05, 0.1) is 19.2 Å². The molecule has 1 heterocycles. The fourth-order valence-corrected chi connectivity index (χ4v) is 3.25. The van der Waals surface area contributed by atoms with Crippen LogP contribution in [0.1, 0.15) is 31.8 Å². The van der Waals surface area contributed by atoms with E-state index in [0.29, 0.717) is 36.4 Å². The molecule has 4 rings (SSSR count). The van der Waals surface area contributed by atoms with Crippen LogP contribution < -0.4 is 15.4 Å². The highest BCUT2D eigenvalue weighted by atomic mass is 16.5. The monoisotopic (exact) mass is 432 g/mol. The number of carbonyl (C=O) groups is 2. The number of hydrogen-bond acceptors (Lipinski definition) is 4. The number of rotatable bonds is 1. The molecular weight excluding hydrogens is 404 g/mol. The average molecular weight is 433 g/mol. The number of amides is 2. The van der Waals surface area contributed by atoms with Crippen molar-refractivity contribution in [1.29, 1.82) is 0 Å². The van der Waals surface area contributed by atoms with Gasteiger partial charge in [-0.1, -0.05) is 54.1 Å². The number of fused-ring (bicyclic) bond motifs is 4. The number of benzene rings is 3. The molecule has 0 aliphatic carbocycles. The molecule has 2 amide bonds. The second-order valence-corrected chi connectivity index (χ2v) is 7.54. The van der Waals surface area contributed by atoms with Crippen molar-refractivity contribution in [3.8, 4) is 5.75 Å². The molecule has 1 atom stereocenters. The van der Waals surface area contributed by atoms with Crippen molar-refractivity contribution in [3.05, 3.63) is 101 Å². The maximum Gasteiger partial charge on any atom is 0.251 e. The molecule has 166 valence electrons. The summed E-state index contributed by atoms with van der Waals surface area (Å²) >= 11 is 0. The van der Waals surface area contributed by atoms with Gasteiger partial charge in [-0.2, -0.15) is 0 Å². The van der Waals surface area contributed by atoms with Crippen LogP contribution in [0.15, 0.2) is 78.9 Å². The maximum absolute atomic E-state index is 12.4. The van der Waals surface area contributed by atoms with Crippen LogP contribution in [-0.4, -0.2) is 42.7 Å². The highest BCUT2D eigenvalue weighted by molar-refractivity contribution is 5.99. The summed E-state index contributed by atoms with van der Waals surface area (Å²) in [5.41, 5.74) is 3.06. The molecule has 32 heavy (non-hydrogen) atoms. The Hall–Kier alpha value is -3.64. The summed E-state index contributed by atoms with van der Waals surface area (Å²) in [5.74, 6) is 0.0988. The highest BCUT2D eigenvalue weighted by Gasteiger charge is 2.16. The van der Waals surface area contributed by atoms with Crippen LogP contribution in [0.25, 0.3) is 0 Å². The molecule has 6 heteroatoms. The summed E-state index contributed by atoms with van der Waals surface area (Å²) in [6.45, 7) is 2.60. The second-order valence-electron chi connectivity index (χ2n) is 7.54. The fourth-order valence-electron chi connectivity index (χ4n) is 3.25. The van der Waals surface area contributed by atoms with Gasteiger partial charge in [-0.05, 0) is 49.2 Å². The van der Waals surface area contributed by atoms with Crippen LogP contribution in [0.4, 0.5) is 0 Å². The first-order valence-electron chi connectivity index (χ1n) is 10.6. The molecule has 3 aromatic carbocycles. The molecule has 1 aliphatic rings. The summed E-state index contributed by atoms with van der Waals surface area (Å²) in [6, 6.07) is 23.8. The van der Waals surface area contributed by atoms with E-state index in [4.69, 9.17) is 4.74 Å². The Morgan fingerprint density at radius 3 is 2.31 bits per heavy atom. The Labute approximate surface area is 188 Å². The Bertz CT molecular complexity index is 1040. The largest absolute Gasteiger partial charge is 0.492 e. The SMILES string of the molecule is Cc1ccccc1.O=C1NCCOc2cccc(c2)CC(CO)NC(=O)c2cccc1c2. The molecular formula is C26H28N2O4. The van der Waals surface area contributed by atoms with Crippen LogP contribution in [0.5, 0.6) is 5.75 Å². The van der Waals surface area contributed by atoms with E-state index in [-0.39, 0.29) is 18.4 Å². The van der Waals surface area contributed by atoms with E-state index in [9.17, 15) is 14.7 Å². The van der Waals surface area contributed by atoms with Crippen LogP contribution in [0.3, 0.4) is 0 Å². The minimum atomic E-state index is -0.426. The van der Waals surface area contributed by atoms with Gasteiger partial charge in [-0.15, -0.1) is 0 Å². The normalized spacial score (nSPS) is 16.1. The van der Waals surface area contributed by atoms with Crippen molar-refractivity contribution in [1.82, 2.24) is 10.6 Å². The van der Waals surface area contributed by atoms with Gasteiger partial charge in [0.15, 0.2) is 0 Å². The van der Waals surface area contributed by atoms with Gasteiger partial charge in [0.2, 0.25) is 0 Å². The Kier molecular flexibility index (Phi) is 8.40. The maximum atomic E-state index is 12.4. The highest BCUT2D eigenvalue weighted by Crippen LogP contribution is 2.15. The van der Waals surface area contributed by atoms with Crippen molar-refractivity contribution in [2.45, 2.75) is 19.4 Å².